The van der Waals surface area contributed by atoms with Gasteiger partial charge in [-0.05, 0) is 51.5 Å². The van der Waals surface area contributed by atoms with Crippen molar-refractivity contribution < 1.29 is 0 Å². The summed E-state index contributed by atoms with van der Waals surface area (Å²) in [5.41, 5.74) is 2.41. The van der Waals surface area contributed by atoms with Gasteiger partial charge in [0.05, 0.1) is 0 Å². The molecule has 2 rings (SSSR count). The van der Waals surface area contributed by atoms with Crippen LogP contribution in [-0.4, -0.2) is 13.1 Å². The van der Waals surface area contributed by atoms with Crippen LogP contribution in [0.4, 0.5) is 0 Å². The average Bonchev–Trinajstić information content (AvgIpc) is 3.01. The van der Waals surface area contributed by atoms with E-state index >= 15 is 0 Å². The second-order valence-electron chi connectivity index (χ2n) is 4.93. The first kappa shape index (κ1) is 10.2. The van der Waals surface area contributed by atoms with Gasteiger partial charge in [0.15, 0.2) is 0 Å². The second-order valence-corrected chi connectivity index (χ2v) is 4.93. The van der Waals surface area contributed by atoms with Gasteiger partial charge in [-0.3, -0.25) is 0 Å². The third-order valence-corrected chi connectivity index (χ3v) is 3.72. The number of allylic oxidation sites excluding steroid dienone is 1. The van der Waals surface area contributed by atoms with Crippen molar-refractivity contribution in [2.75, 3.05) is 13.1 Å². The molecule has 1 fully saturated rings. The molecule has 0 unspecified atom stereocenters. The monoisotopic (exact) mass is 193 g/mol. The van der Waals surface area contributed by atoms with E-state index in [0.29, 0.717) is 5.41 Å². The highest BCUT2D eigenvalue weighted by atomic mass is 14.9. The lowest BCUT2D eigenvalue weighted by molar-refractivity contribution is 0.488. The van der Waals surface area contributed by atoms with Gasteiger partial charge in [-0.25, -0.2) is 0 Å². The summed E-state index contributed by atoms with van der Waals surface area (Å²) >= 11 is 0. The summed E-state index contributed by atoms with van der Waals surface area (Å²) in [6.45, 7) is 4.67. The highest BCUT2D eigenvalue weighted by molar-refractivity contribution is 5.24. The zero-order chi connectivity index (χ0) is 9.86. The molecule has 0 aliphatic heterocycles. The van der Waals surface area contributed by atoms with Crippen molar-refractivity contribution in [1.29, 1.82) is 0 Å². The van der Waals surface area contributed by atoms with Crippen LogP contribution in [0.25, 0.3) is 0 Å². The molecule has 2 aliphatic carbocycles. The Morgan fingerprint density at radius 1 is 1.36 bits per heavy atom. The van der Waals surface area contributed by atoms with E-state index in [1.54, 1.807) is 5.57 Å². The number of hydrogen-bond donors (Lipinski definition) is 1. The first-order valence-corrected chi connectivity index (χ1v) is 6.28. The molecule has 1 saturated carbocycles. The van der Waals surface area contributed by atoms with Gasteiger partial charge >= 0.3 is 0 Å². The molecule has 0 radical (unpaired) electrons. The molecule has 2 aliphatic rings. The second kappa shape index (κ2) is 4.48. The Hall–Kier alpha value is -0.300. The highest BCUT2D eigenvalue weighted by Gasteiger charge is 2.44. The fourth-order valence-corrected chi connectivity index (χ4v) is 2.59. The topological polar surface area (TPSA) is 12.0 Å². The normalized spacial score (nSPS) is 24.5. The van der Waals surface area contributed by atoms with Crippen LogP contribution < -0.4 is 5.32 Å². The molecule has 1 heteroatoms. The standard InChI is InChI=1S/C13H23N/c1-2-10-14-11-13(8-9-13)12-6-4-3-5-7-12/h6,14H,2-5,7-11H2,1H3. The van der Waals surface area contributed by atoms with E-state index in [1.165, 1.54) is 58.0 Å². The lowest BCUT2D eigenvalue weighted by Crippen LogP contribution is -2.26. The van der Waals surface area contributed by atoms with Crippen LogP contribution >= 0.6 is 0 Å². The molecule has 0 aromatic carbocycles. The van der Waals surface area contributed by atoms with Crippen LogP contribution in [0.5, 0.6) is 0 Å². The Morgan fingerprint density at radius 2 is 2.21 bits per heavy atom. The smallest absolute Gasteiger partial charge is 0.00452 e. The molecule has 1 N–H and O–H groups in total. The molecule has 0 saturated heterocycles. The molecular weight excluding hydrogens is 170 g/mol. The highest BCUT2D eigenvalue weighted by Crippen LogP contribution is 2.53. The van der Waals surface area contributed by atoms with Gasteiger partial charge in [0.25, 0.3) is 0 Å². The van der Waals surface area contributed by atoms with E-state index in [9.17, 15) is 0 Å². The van der Waals surface area contributed by atoms with E-state index in [4.69, 9.17) is 0 Å². The Balaban J connectivity index is 1.85. The van der Waals surface area contributed by atoms with E-state index < -0.39 is 0 Å². The van der Waals surface area contributed by atoms with Crippen LogP contribution in [0.15, 0.2) is 11.6 Å². The van der Waals surface area contributed by atoms with E-state index in [-0.39, 0.29) is 0 Å². The Labute approximate surface area is 88.0 Å². The zero-order valence-corrected chi connectivity index (χ0v) is 9.44. The number of nitrogens with one attached hydrogen (secondary N) is 1. The van der Waals surface area contributed by atoms with Gasteiger partial charge in [0.1, 0.15) is 0 Å². The Kier molecular flexibility index (Phi) is 3.27. The molecule has 0 spiro atoms. The maximum atomic E-state index is 3.59. The van der Waals surface area contributed by atoms with Crippen molar-refractivity contribution in [3.63, 3.8) is 0 Å². The van der Waals surface area contributed by atoms with E-state index in [0.717, 1.165) is 0 Å². The largest absolute Gasteiger partial charge is 0.316 e. The lowest BCUT2D eigenvalue weighted by Gasteiger charge is -2.23. The van der Waals surface area contributed by atoms with Gasteiger partial charge in [-0.15, -0.1) is 0 Å². The molecule has 0 aromatic rings. The summed E-state index contributed by atoms with van der Waals surface area (Å²) < 4.78 is 0. The molecular formula is C13H23N. The van der Waals surface area contributed by atoms with Crippen LogP contribution in [-0.2, 0) is 0 Å². The van der Waals surface area contributed by atoms with Crippen molar-refractivity contribution in [2.24, 2.45) is 5.41 Å². The molecule has 0 bridgehead atoms. The minimum atomic E-state index is 0.621. The summed E-state index contributed by atoms with van der Waals surface area (Å²) in [5.74, 6) is 0. The number of hydrogen-bond acceptors (Lipinski definition) is 1. The molecule has 0 aromatic heterocycles. The summed E-state index contributed by atoms with van der Waals surface area (Å²) in [5, 5.41) is 3.59. The van der Waals surface area contributed by atoms with Crippen LogP contribution in [0.2, 0.25) is 0 Å². The maximum Gasteiger partial charge on any atom is 0.00452 e. The van der Waals surface area contributed by atoms with Gasteiger partial charge < -0.3 is 5.32 Å². The van der Waals surface area contributed by atoms with E-state index in [2.05, 4.69) is 18.3 Å². The fraction of sp³-hybridized carbons (Fsp3) is 0.846. The van der Waals surface area contributed by atoms with Crippen molar-refractivity contribution in [1.82, 2.24) is 5.32 Å². The van der Waals surface area contributed by atoms with Crippen molar-refractivity contribution in [2.45, 2.75) is 51.9 Å². The minimum Gasteiger partial charge on any atom is -0.316 e. The SMILES string of the molecule is CCCNCC1(C2=CCCCC2)CC1. The first-order chi connectivity index (χ1) is 6.87. The quantitative estimate of drug-likeness (QED) is 0.522. The summed E-state index contributed by atoms with van der Waals surface area (Å²) in [4.78, 5) is 0. The summed E-state index contributed by atoms with van der Waals surface area (Å²) in [6, 6.07) is 0. The van der Waals surface area contributed by atoms with Crippen LogP contribution in [0, 0.1) is 5.41 Å². The van der Waals surface area contributed by atoms with Crippen molar-refractivity contribution >= 4 is 0 Å². The molecule has 80 valence electrons. The third-order valence-electron chi connectivity index (χ3n) is 3.72. The Morgan fingerprint density at radius 3 is 2.79 bits per heavy atom. The van der Waals surface area contributed by atoms with Gasteiger partial charge in [0, 0.05) is 12.0 Å². The molecule has 0 atom stereocenters. The third kappa shape index (κ3) is 2.20. The van der Waals surface area contributed by atoms with Crippen LogP contribution in [0.3, 0.4) is 0 Å². The average molecular weight is 193 g/mol. The van der Waals surface area contributed by atoms with E-state index in [1.807, 2.05) is 0 Å². The minimum absolute atomic E-state index is 0.621. The van der Waals surface area contributed by atoms with Crippen molar-refractivity contribution in [3.8, 4) is 0 Å². The predicted octanol–water partition coefficient (Wildman–Crippen LogP) is 3.27. The van der Waals surface area contributed by atoms with Crippen LogP contribution in [0.1, 0.15) is 51.9 Å². The zero-order valence-electron chi connectivity index (χ0n) is 9.44. The lowest BCUT2D eigenvalue weighted by atomic mass is 9.86. The predicted molar refractivity (Wildman–Crippen MR) is 61.4 cm³/mol. The van der Waals surface area contributed by atoms with Crippen molar-refractivity contribution in [3.05, 3.63) is 11.6 Å². The summed E-state index contributed by atoms with van der Waals surface area (Å²) in [7, 11) is 0. The number of rotatable bonds is 5. The Bertz CT molecular complexity index is 213. The maximum absolute atomic E-state index is 3.59. The molecule has 14 heavy (non-hydrogen) atoms. The first-order valence-electron chi connectivity index (χ1n) is 6.28. The summed E-state index contributed by atoms with van der Waals surface area (Å²) in [6.07, 6.45) is 12.2. The molecule has 0 heterocycles. The van der Waals surface area contributed by atoms with Gasteiger partial charge in [-0.1, -0.05) is 18.6 Å². The molecule has 0 amide bonds. The fourth-order valence-electron chi connectivity index (χ4n) is 2.59. The van der Waals surface area contributed by atoms with Gasteiger partial charge in [0.2, 0.25) is 0 Å². The molecule has 1 nitrogen and oxygen atoms in total. The van der Waals surface area contributed by atoms with Gasteiger partial charge in [-0.2, -0.15) is 0 Å².